The highest BCUT2D eigenvalue weighted by atomic mass is 79.9. The molecule has 5 nitrogen and oxygen atoms in total. The van der Waals surface area contributed by atoms with E-state index in [1.807, 2.05) is 39.0 Å². The Kier molecular flexibility index (Phi) is 4.37. The normalized spacial score (nSPS) is 11.3. The second kappa shape index (κ2) is 5.89. The minimum atomic E-state index is -0.559. The number of carbonyl (C=O) groups excluding carboxylic acids is 1. The number of hydrogen-bond donors (Lipinski definition) is 0. The molecule has 0 aliphatic rings. The number of para-hydroxylation sites is 1. The Bertz CT molecular complexity index is 659. The first-order chi connectivity index (χ1) is 9.81. The first-order valence-corrected chi connectivity index (χ1v) is 7.22. The molecule has 0 saturated carbocycles. The number of nitrogens with zero attached hydrogens (tertiary/aromatic N) is 2. The fourth-order valence-electron chi connectivity index (χ4n) is 1.81. The molecule has 0 spiro atoms. The van der Waals surface area contributed by atoms with Crippen LogP contribution in [0.4, 0.5) is 4.79 Å². The van der Waals surface area contributed by atoms with E-state index in [1.165, 1.54) is 4.68 Å². The van der Waals surface area contributed by atoms with Crippen LogP contribution in [0, 0.1) is 0 Å². The van der Waals surface area contributed by atoms with Crippen LogP contribution in [0.5, 0.6) is 5.75 Å². The van der Waals surface area contributed by atoms with Gasteiger partial charge in [0.1, 0.15) is 11.4 Å². The van der Waals surface area contributed by atoms with Crippen molar-refractivity contribution in [2.24, 2.45) is 0 Å². The van der Waals surface area contributed by atoms with E-state index in [1.54, 1.807) is 19.5 Å². The average molecular weight is 353 g/mol. The highest BCUT2D eigenvalue weighted by Gasteiger charge is 2.19. The lowest BCUT2D eigenvalue weighted by Gasteiger charge is -2.18. The van der Waals surface area contributed by atoms with Crippen molar-refractivity contribution >= 4 is 22.0 Å². The van der Waals surface area contributed by atoms with Gasteiger partial charge in [-0.2, -0.15) is 9.78 Å². The molecule has 0 atom stereocenters. The van der Waals surface area contributed by atoms with Crippen molar-refractivity contribution in [2.75, 3.05) is 7.11 Å². The lowest BCUT2D eigenvalue weighted by atomic mass is 10.1. The first-order valence-electron chi connectivity index (χ1n) is 6.43. The summed E-state index contributed by atoms with van der Waals surface area (Å²) in [5, 5.41) is 4.05. The molecule has 1 aromatic heterocycles. The van der Waals surface area contributed by atoms with Gasteiger partial charge in [0.15, 0.2) is 0 Å². The van der Waals surface area contributed by atoms with Crippen LogP contribution in [-0.2, 0) is 4.74 Å². The van der Waals surface area contributed by atoms with Crippen molar-refractivity contribution in [1.29, 1.82) is 0 Å². The molecule has 112 valence electrons. The third kappa shape index (κ3) is 3.64. The van der Waals surface area contributed by atoms with E-state index >= 15 is 0 Å². The van der Waals surface area contributed by atoms with Crippen LogP contribution in [0.2, 0.25) is 0 Å². The van der Waals surface area contributed by atoms with Gasteiger partial charge in [0, 0.05) is 17.3 Å². The van der Waals surface area contributed by atoms with Gasteiger partial charge < -0.3 is 9.47 Å². The summed E-state index contributed by atoms with van der Waals surface area (Å²) in [6.45, 7) is 5.44. The van der Waals surface area contributed by atoms with Crippen LogP contribution in [0.3, 0.4) is 0 Å². The highest BCUT2D eigenvalue weighted by Crippen LogP contribution is 2.35. The maximum Gasteiger partial charge on any atom is 0.435 e. The zero-order valence-corrected chi connectivity index (χ0v) is 14.0. The molecular weight excluding hydrogens is 336 g/mol. The Morgan fingerprint density at radius 3 is 2.67 bits per heavy atom. The zero-order valence-electron chi connectivity index (χ0n) is 12.4. The molecule has 0 unspecified atom stereocenters. The number of aromatic nitrogens is 2. The molecule has 1 heterocycles. The van der Waals surface area contributed by atoms with Gasteiger partial charge in [0.2, 0.25) is 0 Å². The topological polar surface area (TPSA) is 53.4 Å². The molecule has 2 aromatic rings. The molecule has 0 radical (unpaired) electrons. The van der Waals surface area contributed by atoms with E-state index in [0.717, 1.165) is 15.6 Å². The summed E-state index contributed by atoms with van der Waals surface area (Å²) >= 11 is 3.44. The molecule has 0 amide bonds. The molecule has 0 aliphatic carbocycles. The van der Waals surface area contributed by atoms with Crippen molar-refractivity contribution in [3.63, 3.8) is 0 Å². The minimum Gasteiger partial charge on any atom is -0.495 e. The van der Waals surface area contributed by atoms with E-state index in [0.29, 0.717) is 5.75 Å². The fourth-order valence-corrected chi connectivity index (χ4v) is 2.34. The zero-order chi connectivity index (χ0) is 15.6. The predicted octanol–water partition coefficient (Wildman–Crippen LogP) is 4.10. The van der Waals surface area contributed by atoms with Gasteiger partial charge in [0.25, 0.3) is 0 Å². The van der Waals surface area contributed by atoms with Crippen LogP contribution >= 0.6 is 15.9 Å². The SMILES string of the molecule is COc1c(Br)cccc1-c1cnn(C(=O)OC(C)(C)C)c1. The quantitative estimate of drug-likeness (QED) is 0.816. The van der Waals surface area contributed by atoms with Gasteiger partial charge in [-0.1, -0.05) is 12.1 Å². The van der Waals surface area contributed by atoms with Gasteiger partial charge >= 0.3 is 6.09 Å². The number of halogens is 1. The molecule has 0 fully saturated rings. The summed E-state index contributed by atoms with van der Waals surface area (Å²) < 4.78 is 12.7. The Labute approximate surface area is 132 Å². The monoisotopic (exact) mass is 352 g/mol. The van der Waals surface area contributed by atoms with Crippen LogP contribution < -0.4 is 4.74 Å². The van der Waals surface area contributed by atoms with Crippen LogP contribution in [0.15, 0.2) is 35.1 Å². The van der Waals surface area contributed by atoms with E-state index in [9.17, 15) is 4.79 Å². The van der Waals surface area contributed by atoms with Crippen LogP contribution in [0.1, 0.15) is 20.8 Å². The van der Waals surface area contributed by atoms with Gasteiger partial charge in [0.05, 0.1) is 17.8 Å². The standard InChI is InChI=1S/C15H17BrN2O3/c1-15(2,3)21-14(19)18-9-10(8-17-18)11-6-5-7-12(16)13(11)20-4/h5-9H,1-4H3. The number of rotatable bonds is 2. The molecule has 21 heavy (non-hydrogen) atoms. The Morgan fingerprint density at radius 2 is 2.05 bits per heavy atom. The number of benzene rings is 1. The maximum atomic E-state index is 12.0. The highest BCUT2D eigenvalue weighted by molar-refractivity contribution is 9.10. The summed E-state index contributed by atoms with van der Waals surface area (Å²) in [6.07, 6.45) is 2.72. The van der Waals surface area contributed by atoms with Crippen LogP contribution in [0.25, 0.3) is 11.1 Å². The van der Waals surface area contributed by atoms with Crippen molar-refractivity contribution in [2.45, 2.75) is 26.4 Å². The summed E-state index contributed by atoms with van der Waals surface area (Å²) in [7, 11) is 1.60. The van der Waals surface area contributed by atoms with Gasteiger partial charge in [-0.05, 0) is 42.8 Å². The molecule has 0 saturated heterocycles. The second-order valence-electron chi connectivity index (χ2n) is 5.47. The molecule has 2 rings (SSSR count). The second-order valence-corrected chi connectivity index (χ2v) is 6.33. The lowest BCUT2D eigenvalue weighted by molar-refractivity contribution is 0.0514. The van der Waals surface area contributed by atoms with E-state index in [2.05, 4.69) is 21.0 Å². The lowest BCUT2D eigenvalue weighted by Crippen LogP contribution is -2.27. The van der Waals surface area contributed by atoms with Gasteiger partial charge in [-0.15, -0.1) is 0 Å². The minimum absolute atomic E-state index is 0.511. The molecule has 1 aromatic carbocycles. The van der Waals surface area contributed by atoms with E-state index in [-0.39, 0.29) is 0 Å². The molecule has 0 aliphatic heterocycles. The fraction of sp³-hybridized carbons (Fsp3) is 0.333. The first kappa shape index (κ1) is 15.6. The van der Waals surface area contributed by atoms with Gasteiger partial charge in [-0.3, -0.25) is 0 Å². The third-order valence-electron chi connectivity index (χ3n) is 2.65. The van der Waals surface area contributed by atoms with Crippen molar-refractivity contribution in [1.82, 2.24) is 9.78 Å². The maximum absolute atomic E-state index is 12.0. The third-order valence-corrected chi connectivity index (χ3v) is 3.27. The summed E-state index contributed by atoms with van der Waals surface area (Å²) in [5.74, 6) is 0.696. The molecule has 0 N–H and O–H groups in total. The number of hydrogen-bond acceptors (Lipinski definition) is 4. The summed E-state index contributed by atoms with van der Waals surface area (Å²) in [4.78, 5) is 12.0. The Morgan fingerprint density at radius 1 is 1.33 bits per heavy atom. The predicted molar refractivity (Wildman–Crippen MR) is 83.5 cm³/mol. The van der Waals surface area contributed by atoms with E-state index < -0.39 is 11.7 Å². The molecular formula is C15H17BrN2O3. The number of methoxy groups -OCH3 is 1. The summed E-state index contributed by atoms with van der Waals surface area (Å²) in [5.41, 5.74) is 1.07. The number of carbonyl (C=O) groups is 1. The van der Waals surface area contributed by atoms with Crippen molar-refractivity contribution in [3.8, 4) is 16.9 Å². The number of ether oxygens (including phenoxy) is 2. The largest absolute Gasteiger partial charge is 0.495 e. The smallest absolute Gasteiger partial charge is 0.435 e. The van der Waals surface area contributed by atoms with Gasteiger partial charge in [-0.25, -0.2) is 4.79 Å². The molecule has 6 heteroatoms. The van der Waals surface area contributed by atoms with Crippen LogP contribution in [-0.4, -0.2) is 28.6 Å². The Hall–Kier alpha value is -1.82. The average Bonchev–Trinajstić information content (AvgIpc) is 2.86. The molecule has 0 bridgehead atoms. The summed E-state index contributed by atoms with van der Waals surface area (Å²) in [6, 6.07) is 5.69. The van der Waals surface area contributed by atoms with Crippen molar-refractivity contribution < 1.29 is 14.3 Å². The van der Waals surface area contributed by atoms with E-state index in [4.69, 9.17) is 9.47 Å². The van der Waals surface area contributed by atoms with Crippen molar-refractivity contribution in [3.05, 3.63) is 35.1 Å². The Balaban J connectivity index is 2.33.